The minimum absolute atomic E-state index is 0.0323. The molecule has 3 atom stereocenters. The molecule has 8 nitrogen and oxygen atoms in total. The summed E-state index contributed by atoms with van der Waals surface area (Å²) in [6.45, 7) is 0.424. The summed E-state index contributed by atoms with van der Waals surface area (Å²) in [5, 5.41) is 28.5. The minimum atomic E-state index is -1.39. The molecule has 2 aromatic carbocycles. The van der Waals surface area contributed by atoms with Gasteiger partial charge in [0.2, 0.25) is 5.91 Å². The van der Waals surface area contributed by atoms with Crippen LogP contribution in [-0.2, 0) is 16.0 Å². The summed E-state index contributed by atoms with van der Waals surface area (Å²) in [5.74, 6) is -2.45. The van der Waals surface area contributed by atoms with Crippen molar-refractivity contribution >= 4 is 52.6 Å². The number of aliphatic carboxylic acids is 1. The van der Waals surface area contributed by atoms with Gasteiger partial charge in [-0.2, -0.15) is 0 Å². The lowest BCUT2D eigenvalue weighted by molar-refractivity contribution is -0.139. The molecule has 0 bridgehead atoms. The molecule has 0 spiro atoms. The van der Waals surface area contributed by atoms with Crippen LogP contribution in [0.5, 0.6) is 0 Å². The average molecular weight is 543 g/mol. The lowest BCUT2D eigenvalue weighted by Crippen LogP contribution is -2.51. The number of rotatable bonds is 10. The molecule has 1 aliphatic heterocycles. The first-order chi connectivity index (χ1) is 16.7. The van der Waals surface area contributed by atoms with Gasteiger partial charge in [0, 0.05) is 11.6 Å². The summed E-state index contributed by atoms with van der Waals surface area (Å²) in [6.07, 6.45) is 1.56. The van der Waals surface area contributed by atoms with Crippen LogP contribution in [-0.4, -0.2) is 53.2 Å². The fourth-order valence-corrected chi connectivity index (χ4v) is 4.72. The first-order valence-electron chi connectivity index (χ1n) is 11.1. The number of aliphatic hydroxyl groups excluding tert-OH is 1. The number of hydrogen-bond acceptors (Lipinski definition) is 5. The van der Waals surface area contributed by atoms with Crippen molar-refractivity contribution in [1.82, 2.24) is 16.0 Å². The maximum absolute atomic E-state index is 12.8. The molecule has 2 aromatic rings. The number of hydrogen-bond donors (Lipinski definition) is 5. The molecule has 1 aliphatic rings. The highest BCUT2D eigenvalue weighted by Crippen LogP contribution is 2.31. The average Bonchev–Trinajstić information content (AvgIpc) is 3.34. The Morgan fingerprint density at radius 1 is 1.11 bits per heavy atom. The van der Waals surface area contributed by atoms with E-state index < -0.39 is 24.0 Å². The molecule has 0 aromatic heterocycles. The number of aryl methyl sites for hydroxylation is 1. The zero-order chi connectivity index (χ0) is 25.5. The van der Waals surface area contributed by atoms with E-state index in [1.54, 1.807) is 6.07 Å². The summed E-state index contributed by atoms with van der Waals surface area (Å²) < 4.78 is 0. The van der Waals surface area contributed by atoms with E-state index in [0.29, 0.717) is 29.8 Å². The Balaban J connectivity index is 1.63. The SMILES string of the molecule is O=C(N[C@@H](CNC(=O)[C@H]1CCCN1)C(=O)O)c1c(Cl)cc(C(O)CCc2cccc(Cl)c2)cc1Cl. The number of halogens is 3. The molecule has 5 N–H and O–H groups in total. The van der Waals surface area contributed by atoms with Crippen LogP contribution in [0, 0.1) is 0 Å². The van der Waals surface area contributed by atoms with Gasteiger partial charge in [-0.15, -0.1) is 0 Å². The van der Waals surface area contributed by atoms with Crippen molar-refractivity contribution in [2.45, 2.75) is 43.9 Å². The van der Waals surface area contributed by atoms with Crippen molar-refractivity contribution in [3.63, 3.8) is 0 Å². The van der Waals surface area contributed by atoms with E-state index in [4.69, 9.17) is 34.8 Å². The Bertz CT molecular complexity index is 1070. The molecular formula is C24H26Cl3N3O5. The standard InChI is InChI=1S/C24H26Cl3N3O5/c25-15-4-1-3-13(9-15)6-7-20(31)14-10-16(26)21(17(27)11-14)23(33)30-19(24(34)35)12-29-22(32)18-5-2-8-28-18/h1,3-4,9-11,18-20,28,31H,2,5-8,12H2,(H,29,32)(H,30,33)(H,34,35)/t18-,19+,20?/m1/s1. The number of aliphatic hydroxyl groups is 1. The largest absolute Gasteiger partial charge is 0.480 e. The van der Waals surface area contributed by atoms with Gasteiger partial charge in [-0.25, -0.2) is 4.79 Å². The third-order valence-corrected chi connectivity index (χ3v) is 6.56. The van der Waals surface area contributed by atoms with Gasteiger partial charge < -0.3 is 26.2 Å². The van der Waals surface area contributed by atoms with Gasteiger partial charge in [0.05, 0.1) is 27.8 Å². The maximum atomic E-state index is 12.8. The van der Waals surface area contributed by atoms with E-state index >= 15 is 0 Å². The number of carboxylic acid groups (broad SMARTS) is 1. The van der Waals surface area contributed by atoms with Crippen molar-refractivity contribution in [3.8, 4) is 0 Å². The zero-order valence-corrected chi connectivity index (χ0v) is 21.0. The predicted molar refractivity (Wildman–Crippen MR) is 134 cm³/mol. The highest BCUT2D eigenvalue weighted by molar-refractivity contribution is 6.39. The van der Waals surface area contributed by atoms with Crippen molar-refractivity contribution in [2.75, 3.05) is 13.1 Å². The molecule has 1 saturated heterocycles. The Labute approximate surface area is 217 Å². The van der Waals surface area contributed by atoms with Gasteiger partial charge in [0.15, 0.2) is 0 Å². The van der Waals surface area contributed by atoms with E-state index in [-0.39, 0.29) is 34.1 Å². The van der Waals surface area contributed by atoms with Crippen LogP contribution >= 0.6 is 34.8 Å². The molecule has 2 amide bonds. The normalized spacial score (nSPS) is 17.0. The molecule has 0 saturated carbocycles. The summed E-state index contributed by atoms with van der Waals surface area (Å²) >= 11 is 18.6. The van der Waals surface area contributed by atoms with E-state index in [0.717, 1.165) is 18.5 Å². The van der Waals surface area contributed by atoms with Gasteiger partial charge in [-0.3, -0.25) is 9.59 Å². The Hall–Kier alpha value is -2.36. The molecule has 1 fully saturated rings. The molecule has 0 aliphatic carbocycles. The van der Waals surface area contributed by atoms with E-state index in [1.807, 2.05) is 18.2 Å². The monoisotopic (exact) mass is 541 g/mol. The molecule has 35 heavy (non-hydrogen) atoms. The third kappa shape index (κ3) is 7.56. The Morgan fingerprint density at radius 2 is 1.83 bits per heavy atom. The number of amides is 2. The lowest BCUT2D eigenvalue weighted by Gasteiger charge is -2.19. The van der Waals surface area contributed by atoms with Gasteiger partial charge in [-0.05, 0) is 67.6 Å². The fraction of sp³-hybridized carbons (Fsp3) is 0.375. The number of carbonyl (C=O) groups excluding carboxylic acids is 2. The van der Waals surface area contributed by atoms with Crippen LogP contribution in [0.4, 0.5) is 0 Å². The topological polar surface area (TPSA) is 128 Å². The molecule has 1 heterocycles. The van der Waals surface area contributed by atoms with Crippen molar-refractivity contribution in [1.29, 1.82) is 0 Å². The molecule has 0 radical (unpaired) electrons. The highest BCUT2D eigenvalue weighted by atomic mass is 35.5. The molecule has 11 heteroatoms. The fourth-order valence-electron chi connectivity index (χ4n) is 3.83. The zero-order valence-electron chi connectivity index (χ0n) is 18.7. The second-order valence-corrected chi connectivity index (χ2v) is 9.55. The molecular weight excluding hydrogens is 517 g/mol. The van der Waals surface area contributed by atoms with Gasteiger partial charge >= 0.3 is 5.97 Å². The van der Waals surface area contributed by atoms with Crippen molar-refractivity contribution in [2.24, 2.45) is 0 Å². The van der Waals surface area contributed by atoms with E-state index in [1.165, 1.54) is 12.1 Å². The summed E-state index contributed by atoms with van der Waals surface area (Å²) in [4.78, 5) is 36.6. The summed E-state index contributed by atoms with van der Waals surface area (Å²) in [5.41, 5.74) is 1.26. The van der Waals surface area contributed by atoms with E-state index in [9.17, 15) is 24.6 Å². The second kappa shape index (κ2) is 12.6. The van der Waals surface area contributed by atoms with Gasteiger partial charge in [0.1, 0.15) is 6.04 Å². The van der Waals surface area contributed by atoms with Gasteiger partial charge in [0.25, 0.3) is 5.91 Å². The first-order valence-corrected chi connectivity index (χ1v) is 12.2. The molecule has 3 rings (SSSR count). The number of nitrogens with one attached hydrogen (secondary N) is 3. The van der Waals surface area contributed by atoms with E-state index in [2.05, 4.69) is 16.0 Å². The summed E-state index contributed by atoms with van der Waals surface area (Å²) in [6, 6.07) is 8.39. The smallest absolute Gasteiger partial charge is 0.328 e. The van der Waals surface area contributed by atoms with Crippen molar-refractivity contribution < 1.29 is 24.6 Å². The number of carboxylic acids is 1. The number of carbonyl (C=O) groups is 3. The number of benzene rings is 2. The van der Waals surface area contributed by atoms with Crippen LogP contribution in [0.3, 0.4) is 0 Å². The lowest BCUT2D eigenvalue weighted by atomic mass is 10.00. The third-order valence-electron chi connectivity index (χ3n) is 5.73. The van der Waals surface area contributed by atoms with Crippen LogP contribution < -0.4 is 16.0 Å². The first kappa shape index (κ1) is 27.2. The Morgan fingerprint density at radius 3 is 2.43 bits per heavy atom. The van der Waals surface area contributed by atoms with Crippen LogP contribution in [0.25, 0.3) is 0 Å². The van der Waals surface area contributed by atoms with Crippen molar-refractivity contribution in [3.05, 3.63) is 68.2 Å². The van der Waals surface area contributed by atoms with Crippen LogP contribution in [0.2, 0.25) is 15.1 Å². The Kier molecular flexibility index (Phi) is 9.77. The second-order valence-electron chi connectivity index (χ2n) is 8.30. The minimum Gasteiger partial charge on any atom is -0.480 e. The maximum Gasteiger partial charge on any atom is 0.328 e. The van der Waals surface area contributed by atoms with Crippen LogP contribution in [0.1, 0.15) is 46.9 Å². The summed E-state index contributed by atoms with van der Waals surface area (Å²) in [7, 11) is 0. The van der Waals surface area contributed by atoms with Crippen LogP contribution in [0.15, 0.2) is 36.4 Å². The quantitative estimate of drug-likeness (QED) is 0.313. The highest BCUT2D eigenvalue weighted by Gasteiger charge is 2.27. The molecule has 188 valence electrons. The predicted octanol–water partition coefficient (Wildman–Crippen LogP) is 3.36. The molecule has 1 unspecified atom stereocenters. The van der Waals surface area contributed by atoms with Gasteiger partial charge in [-0.1, -0.05) is 46.9 Å².